The minimum Gasteiger partial charge on any atom is -0.493 e. The van der Waals surface area contributed by atoms with Gasteiger partial charge in [0.1, 0.15) is 0 Å². The first-order chi connectivity index (χ1) is 14.2. The largest absolute Gasteiger partial charge is 0.493 e. The Kier molecular flexibility index (Phi) is 7.00. The molecule has 0 saturated heterocycles. The average Bonchev–Trinajstić information content (AvgIpc) is 2.77. The van der Waals surface area contributed by atoms with Gasteiger partial charge in [0.25, 0.3) is 0 Å². The fourth-order valence-corrected chi connectivity index (χ4v) is 3.59. The molecule has 154 valence electrons. The second kappa shape index (κ2) is 9.87. The molecule has 3 rings (SSSR count). The molecule has 1 aliphatic heterocycles. The lowest BCUT2D eigenvalue weighted by atomic mass is 10.0. The van der Waals surface area contributed by atoms with Crippen molar-refractivity contribution in [2.24, 2.45) is 0 Å². The fraction of sp³-hybridized carbons (Fsp3) is 0.348. The quantitative estimate of drug-likeness (QED) is 0.694. The van der Waals surface area contributed by atoms with Gasteiger partial charge in [-0.05, 0) is 48.2 Å². The molecular formula is C23H28N2O4. The number of nitrogens with zero attached hydrogens (tertiary/aromatic N) is 1. The SMILES string of the molecule is COc1cc(C=CC(=O)NCCN2CCCc3ccccc32)cc(OC)c1OC. The number of carbonyl (C=O) groups excluding carboxylic acids is 1. The highest BCUT2D eigenvalue weighted by molar-refractivity contribution is 5.91. The van der Waals surface area contributed by atoms with E-state index >= 15 is 0 Å². The van der Waals surface area contributed by atoms with E-state index < -0.39 is 0 Å². The molecule has 1 aliphatic rings. The lowest BCUT2D eigenvalue weighted by molar-refractivity contribution is -0.116. The summed E-state index contributed by atoms with van der Waals surface area (Å²) in [4.78, 5) is 14.6. The topological polar surface area (TPSA) is 60.0 Å². The highest BCUT2D eigenvalue weighted by atomic mass is 16.5. The van der Waals surface area contributed by atoms with Gasteiger partial charge in [0.05, 0.1) is 21.3 Å². The summed E-state index contributed by atoms with van der Waals surface area (Å²) in [5, 5.41) is 2.96. The van der Waals surface area contributed by atoms with Crippen LogP contribution in [0.5, 0.6) is 17.2 Å². The summed E-state index contributed by atoms with van der Waals surface area (Å²) in [5.41, 5.74) is 3.45. The molecule has 0 radical (unpaired) electrons. The number of hydrogen-bond acceptors (Lipinski definition) is 5. The molecule has 0 atom stereocenters. The van der Waals surface area contributed by atoms with Crippen LogP contribution in [0.4, 0.5) is 5.69 Å². The second-order valence-electron chi connectivity index (χ2n) is 6.80. The Morgan fingerprint density at radius 3 is 2.52 bits per heavy atom. The van der Waals surface area contributed by atoms with E-state index in [1.54, 1.807) is 39.5 Å². The average molecular weight is 396 g/mol. The van der Waals surface area contributed by atoms with Crippen LogP contribution in [-0.4, -0.2) is 46.9 Å². The maximum absolute atomic E-state index is 12.2. The number of aryl methyl sites for hydroxylation is 1. The van der Waals surface area contributed by atoms with Crippen LogP contribution in [0.15, 0.2) is 42.5 Å². The van der Waals surface area contributed by atoms with E-state index in [4.69, 9.17) is 14.2 Å². The van der Waals surface area contributed by atoms with Gasteiger partial charge < -0.3 is 24.4 Å². The van der Waals surface area contributed by atoms with Crippen LogP contribution >= 0.6 is 0 Å². The molecule has 0 saturated carbocycles. The highest BCUT2D eigenvalue weighted by Gasteiger charge is 2.16. The van der Waals surface area contributed by atoms with Crippen molar-refractivity contribution in [3.63, 3.8) is 0 Å². The normalized spacial score (nSPS) is 13.1. The van der Waals surface area contributed by atoms with Crippen molar-refractivity contribution in [1.29, 1.82) is 0 Å². The number of ether oxygens (including phenoxy) is 3. The van der Waals surface area contributed by atoms with Crippen LogP contribution in [0.1, 0.15) is 17.5 Å². The Hall–Kier alpha value is -3.15. The third-order valence-corrected chi connectivity index (χ3v) is 5.00. The van der Waals surface area contributed by atoms with Crippen molar-refractivity contribution >= 4 is 17.7 Å². The number of rotatable bonds is 8. The van der Waals surface area contributed by atoms with E-state index in [1.165, 1.54) is 17.3 Å². The van der Waals surface area contributed by atoms with E-state index in [2.05, 4.69) is 34.5 Å². The Bertz CT molecular complexity index is 854. The number of nitrogens with one attached hydrogen (secondary N) is 1. The molecule has 6 heteroatoms. The molecule has 2 aromatic carbocycles. The third-order valence-electron chi connectivity index (χ3n) is 5.00. The zero-order valence-corrected chi connectivity index (χ0v) is 17.2. The summed E-state index contributed by atoms with van der Waals surface area (Å²) >= 11 is 0. The Morgan fingerprint density at radius 2 is 1.83 bits per heavy atom. The van der Waals surface area contributed by atoms with Crippen molar-refractivity contribution in [1.82, 2.24) is 5.32 Å². The fourth-order valence-electron chi connectivity index (χ4n) is 3.59. The second-order valence-corrected chi connectivity index (χ2v) is 6.80. The molecule has 6 nitrogen and oxygen atoms in total. The molecule has 0 fully saturated rings. The summed E-state index contributed by atoms with van der Waals surface area (Å²) in [7, 11) is 4.69. The standard InChI is InChI=1S/C23H28N2O4/c1-27-20-15-17(16-21(28-2)23(20)29-3)10-11-22(26)24-12-14-25-13-6-8-18-7-4-5-9-19(18)25/h4-5,7,9-11,15-16H,6,8,12-14H2,1-3H3,(H,24,26). The van der Waals surface area contributed by atoms with Gasteiger partial charge in [0.2, 0.25) is 11.7 Å². The molecule has 0 aliphatic carbocycles. The molecule has 0 unspecified atom stereocenters. The van der Waals surface area contributed by atoms with Gasteiger partial charge in [0.15, 0.2) is 11.5 Å². The maximum Gasteiger partial charge on any atom is 0.244 e. The molecule has 0 aromatic heterocycles. The number of hydrogen-bond donors (Lipinski definition) is 1. The lowest BCUT2D eigenvalue weighted by Crippen LogP contribution is -2.37. The number of benzene rings is 2. The number of methoxy groups -OCH3 is 3. The molecule has 2 aromatic rings. The highest BCUT2D eigenvalue weighted by Crippen LogP contribution is 2.38. The van der Waals surface area contributed by atoms with Crippen LogP contribution in [0, 0.1) is 0 Å². The van der Waals surface area contributed by atoms with Crippen LogP contribution in [-0.2, 0) is 11.2 Å². The number of para-hydroxylation sites is 1. The van der Waals surface area contributed by atoms with Crippen LogP contribution < -0.4 is 24.4 Å². The van der Waals surface area contributed by atoms with E-state index in [9.17, 15) is 4.79 Å². The van der Waals surface area contributed by atoms with Crippen molar-refractivity contribution in [2.45, 2.75) is 12.8 Å². The van der Waals surface area contributed by atoms with E-state index in [-0.39, 0.29) is 5.91 Å². The summed E-state index contributed by atoms with van der Waals surface area (Å²) in [6, 6.07) is 12.1. The minimum absolute atomic E-state index is 0.135. The minimum atomic E-state index is -0.135. The van der Waals surface area contributed by atoms with Gasteiger partial charge in [-0.3, -0.25) is 4.79 Å². The lowest BCUT2D eigenvalue weighted by Gasteiger charge is -2.31. The summed E-state index contributed by atoms with van der Waals surface area (Å²) < 4.78 is 16.0. The van der Waals surface area contributed by atoms with Gasteiger partial charge in [-0.25, -0.2) is 0 Å². The number of fused-ring (bicyclic) bond motifs is 1. The first-order valence-electron chi connectivity index (χ1n) is 9.75. The first kappa shape index (κ1) is 20.6. The van der Waals surface area contributed by atoms with Crippen molar-refractivity contribution in [3.05, 3.63) is 53.6 Å². The maximum atomic E-state index is 12.2. The van der Waals surface area contributed by atoms with E-state index in [1.807, 2.05) is 0 Å². The summed E-state index contributed by atoms with van der Waals surface area (Å²) in [5.74, 6) is 1.49. The van der Waals surface area contributed by atoms with Crippen LogP contribution in [0.2, 0.25) is 0 Å². The zero-order chi connectivity index (χ0) is 20.6. The zero-order valence-electron chi connectivity index (χ0n) is 17.2. The Labute approximate surface area is 172 Å². The number of carbonyl (C=O) groups is 1. The number of anilines is 1. The number of amides is 1. The monoisotopic (exact) mass is 396 g/mol. The molecule has 29 heavy (non-hydrogen) atoms. The predicted molar refractivity (Wildman–Crippen MR) is 115 cm³/mol. The van der Waals surface area contributed by atoms with Gasteiger partial charge in [-0.15, -0.1) is 0 Å². The van der Waals surface area contributed by atoms with E-state index in [0.29, 0.717) is 23.8 Å². The summed E-state index contributed by atoms with van der Waals surface area (Å²) in [6.07, 6.45) is 5.52. The van der Waals surface area contributed by atoms with Crippen LogP contribution in [0.25, 0.3) is 6.08 Å². The summed E-state index contributed by atoms with van der Waals surface area (Å²) in [6.45, 7) is 2.40. The molecular weight excluding hydrogens is 368 g/mol. The molecule has 1 N–H and O–H groups in total. The molecule has 0 bridgehead atoms. The van der Waals surface area contributed by atoms with Gasteiger partial charge >= 0.3 is 0 Å². The van der Waals surface area contributed by atoms with Crippen LogP contribution in [0.3, 0.4) is 0 Å². The predicted octanol–water partition coefficient (Wildman–Crippen LogP) is 3.29. The third kappa shape index (κ3) is 5.02. The van der Waals surface area contributed by atoms with Gasteiger partial charge in [-0.2, -0.15) is 0 Å². The molecule has 1 heterocycles. The van der Waals surface area contributed by atoms with Gasteiger partial charge in [0, 0.05) is 31.4 Å². The van der Waals surface area contributed by atoms with E-state index in [0.717, 1.165) is 31.5 Å². The van der Waals surface area contributed by atoms with Gasteiger partial charge in [-0.1, -0.05) is 18.2 Å². The van der Waals surface area contributed by atoms with Crippen molar-refractivity contribution in [2.75, 3.05) is 45.9 Å². The smallest absolute Gasteiger partial charge is 0.244 e. The Morgan fingerprint density at radius 1 is 1.10 bits per heavy atom. The van der Waals surface area contributed by atoms with Crippen molar-refractivity contribution < 1.29 is 19.0 Å². The first-order valence-corrected chi connectivity index (χ1v) is 9.75. The molecule has 0 spiro atoms. The van der Waals surface area contributed by atoms with Crippen molar-refractivity contribution in [3.8, 4) is 17.2 Å². The molecule has 1 amide bonds. The Balaban J connectivity index is 1.57.